The van der Waals surface area contributed by atoms with Crippen LogP contribution in [0.4, 0.5) is 11.5 Å². The monoisotopic (exact) mass is 377 g/mol. The normalized spacial score (nSPS) is 18.7. The molecule has 1 aromatic carbocycles. The van der Waals surface area contributed by atoms with Crippen molar-refractivity contribution in [3.05, 3.63) is 36.5 Å². The van der Waals surface area contributed by atoms with Crippen LogP contribution in [0.2, 0.25) is 0 Å². The van der Waals surface area contributed by atoms with Gasteiger partial charge in [0.2, 0.25) is 6.79 Å². The summed E-state index contributed by atoms with van der Waals surface area (Å²) >= 11 is 0. The Balaban J connectivity index is 1.41. The van der Waals surface area contributed by atoms with E-state index in [0.29, 0.717) is 18.0 Å². The maximum Gasteiger partial charge on any atom is 0.263 e. The first-order valence-corrected chi connectivity index (χ1v) is 9.82. The predicted octanol–water partition coefficient (Wildman–Crippen LogP) is 2.20. The minimum Gasteiger partial charge on any atom is -0.454 e. The highest BCUT2D eigenvalue weighted by Crippen LogP contribution is 2.34. The smallest absolute Gasteiger partial charge is 0.263 e. The van der Waals surface area contributed by atoms with Gasteiger partial charge in [0.15, 0.2) is 11.5 Å². The molecule has 2 aliphatic rings. The predicted molar refractivity (Wildman–Crippen MR) is 95.1 cm³/mol. The minimum absolute atomic E-state index is 0.0872. The van der Waals surface area contributed by atoms with E-state index in [-0.39, 0.29) is 23.6 Å². The SMILES string of the molecule is O=S(=O)(Nc1ccc(NCC2CCCO2)cn1)c1ccc2c(c1)OCO2. The number of hydrogen-bond acceptors (Lipinski definition) is 7. The average Bonchev–Trinajstić information content (AvgIpc) is 3.32. The number of ether oxygens (including phenoxy) is 3. The molecule has 1 unspecified atom stereocenters. The summed E-state index contributed by atoms with van der Waals surface area (Å²) in [5.74, 6) is 1.18. The van der Waals surface area contributed by atoms with Crippen LogP contribution in [0.15, 0.2) is 41.4 Å². The van der Waals surface area contributed by atoms with Crippen molar-refractivity contribution >= 4 is 21.5 Å². The van der Waals surface area contributed by atoms with Crippen LogP contribution in [0.5, 0.6) is 11.5 Å². The Morgan fingerprint density at radius 3 is 2.81 bits per heavy atom. The van der Waals surface area contributed by atoms with Gasteiger partial charge in [0, 0.05) is 19.2 Å². The van der Waals surface area contributed by atoms with Crippen molar-refractivity contribution in [2.45, 2.75) is 23.8 Å². The van der Waals surface area contributed by atoms with Crippen molar-refractivity contribution in [3.63, 3.8) is 0 Å². The molecule has 8 nitrogen and oxygen atoms in total. The van der Waals surface area contributed by atoms with Gasteiger partial charge in [0.1, 0.15) is 5.82 Å². The average molecular weight is 377 g/mol. The van der Waals surface area contributed by atoms with Gasteiger partial charge in [0.25, 0.3) is 10.0 Å². The highest BCUT2D eigenvalue weighted by molar-refractivity contribution is 7.92. The first kappa shape index (κ1) is 16.9. The standard InChI is InChI=1S/C17H19N3O5S/c21-26(22,14-4-5-15-16(8-14)25-11-24-15)20-17-6-3-12(9-19-17)18-10-13-2-1-7-23-13/h3-6,8-9,13,18H,1-2,7,10-11H2,(H,19,20). The van der Waals surface area contributed by atoms with E-state index in [1.54, 1.807) is 24.4 Å². The molecule has 1 fully saturated rings. The largest absolute Gasteiger partial charge is 0.454 e. The van der Waals surface area contributed by atoms with Crippen molar-refractivity contribution in [1.29, 1.82) is 0 Å². The van der Waals surface area contributed by atoms with Crippen LogP contribution in [0.1, 0.15) is 12.8 Å². The summed E-state index contributed by atoms with van der Waals surface area (Å²) in [6.45, 7) is 1.61. The van der Waals surface area contributed by atoms with E-state index >= 15 is 0 Å². The molecule has 1 saturated heterocycles. The zero-order chi connectivity index (χ0) is 18.0. The van der Waals surface area contributed by atoms with Crippen molar-refractivity contribution in [3.8, 4) is 11.5 Å². The van der Waals surface area contributed by atoms with E-state index in [0.717, 1.165) is 25.1 Å². The molecule has 4 rings (SSSR count). The zero-order valence-corrected chi connectivity index (χ0v) is 14.8. The molecular formula is C17H19N3O5S. The van der Waals surface area contributed by atoms with Gasteiger partial charge in [-0.05, 0) is 37.1 Å². The van der Waals surface area contributed by atoms with E-state index in [2.05, 4.69) is 15.0 Å². The van der Waals surface area contributed by atoms with Gasteiger partial charge in [-0.1, -0.05) is 0 Å². The molecule has 0 saturated carbocycles. The quantitative estimate of drug-likeness (QED) is 0.796. The Labute approximate surface area is 151 Å². The molecule has 0 radical (unpaired) electrons. The summed E-state index contributed by atoms with van der Waals surface area (Å²) in [5.41, 5.74) is 0.812. The maximum absolute atomic E-state index is 12.5. The second-order valence-electron chi connectivity index (χ2n) is 6.07. The highest BCUT2D eigenvalue weighted by atomic mass is 32.2. The lowest BCUT2D eigenvalue weighted by Gasteiger charge is -2.12. The van der Waals surface area contributed by atoms with Crippen LogP contribution in [0, 0.1) is 0 Å². The maximum atomic E-state index is 12.5. The second-order valence-corrected chi connectivity index (χ2v) is 7.75. The molecule has 1 atom stereocenters. The Bertz CT molecular complexity index is 880. The fourth-order valence-corrected chi connectivity index (χ4v) is 3.86. The molecule has 0 bridgehead atoms. The third kappa shape index (κ3) is 3.68. The van der Waals surface area contributed by atoms with Gasteiger partial charge in [-0.3, -0.25) is 4.72 Å². The molecule has 0 spiro atoms. The van der Waals surface area contributed by atoms with Gasteiger partial charge in [-0.25, -0.2) is 13.4 Å². The first-order chi connectivity index (χ1) is 12.6. The summed E-state index contributed by atoms with van der Waals surface area (Å²) in [6, 6.07) is 7.86. The summed E-state index contributed by atoms with van der Waals surface area (Å²) in [4.78, 5) is 4.24. The van der Waals surface area contributed by atoms with Crippen molar-refractivity contribution in [2.24, 2.45) is 0 Å². The third-order valence-corrected chi connectivity index (χ3v) is 5.57. The fourth-order valence-electron chi connectivity index (χ4n) is 2.84. The number of aromatic nitrogens is 1. The number of sulfonamides is 1. The molecule has 138 valence electrons. The van der Waals surface area contributed by atoms with Gasteiger partial charge < -0.3 is 19.5 Å². The second kappa shape index (κ2) is 7.00. The van der Waals surface area contributed by atoms with E-state index < -0.39 is 10.0 Å². The summed E-state index contributed by atoms with van der Waals surface area (Å²) in [5, 5.41) is 3.24. The summed E-state index contributed by atoms with van der Waals surface area (Å²) in [6.07, 6.45) is 3.95. The van der Waals surface area contributed by atoms with Crippen molar-refractivity contribution < 1.29 is 22.6 Å². The van der Waals surface area contributed by atoms with E-state index in [9.17, 15) is 8.42 Å². The lowest BCUT2D eigenvalue weighted by atomic mass is 10.2. The Morgan fingerprint density at radius 1 is 1.15 bits per heavy atom. The Morgan fingerprint density at radius 2 is 2.04 bits per heavy atom. The number of benzene rings is 1. The van der Waals surface area contributed by atoms with Crippen LogP contribution >= 0.6 is 0 Å². The third-order valence-electron chi connectivity index (χ3n) is 4.21. The van der Waals surface area contributed by atoms with E-state index in [1.165, 1.54) is 12.1 Å². The number of nitrogens with zero attached hydrogens (tertiary/aromatic N) is 1. The van der Waals surface area contributed by atoms with Crippen molar-refractivity contribution in [1.82, 2.24) is 4.98 Å². The van der Waals surface area contributed by atoms with Crippen LogP contribution < -0.4 is 19.5 Å². The highest BCUT2D eigenvalue weighted by Gasteiger charge is 2.21. The molecule has 2 aliphatic heterocycles. The van der Waals surface area contributed by atoms with Crippen LogP contribution in [-0.4, -0.2) is 39.5 Å². The molecular weight excluding hydrogens is 358 g/mol. The van der Waals surface area contributed by atoms with Crippen LogP contribution in [0.25, 0.3) is 0 Å². The molecule has 0 amide bonds. The molecule has 3 heterocycles. The van der Waals surface area contributed by atoms with Gasteiger partial charge in [-0.2, -0.15) is 0 Å². The first-order valence-electron chi connectivity index (χ1n) is 8.34. The lowest BCUT2D eigenvalue weighted by molar-refractivity contribution is 0.120. The number of anilines is 2. The van der Waals surface area contributed by atoms with Crippen molar-refractivity contribution in [2.75, 3.05) is 30.0 Å². The summed E-state index contributed by atoms with van der Waals surface area (Å²) < 4.78 is 43.4. The number of nitrogens with one attached hydrogen (secondary N) is 2. The van der Waals surface area contributed by atoms with Gasteiger partial charge in [-0.15, -0.1) is 0 Å². The molecule has 1 aromatic heterocycles. The zero-order valence-electron chi connectivity index (χ0n) is 14.0. The summed E-state index contributed by atoms with van der Waals surface area (Å²) in [7, 11) is -3.76. The van der Waals surface area contributed by atoms with Gasteiger partial charge >= 0.3 is 0 Å². The fraction of sp³-hybridized carbons (Fsp3) is 0.353. The van der Waals surface area contributed by atoms with E-state index in [1.807, 2.05) is 0 Å². The number of pyridine rings is 1. The topological polar surface area (TPSA) is 98.8 Å². The Kier molecular flexibility index (Phi) is 4.56. The molecule has 26 heavy (non-hydrogen) atoms. The van der Waals surface area contributed by atoms with Gasteiger partial charge in [0.05, 0.1) is 22.9 Å². The Hall–Kier alpha value is -2.52. The lowest BCUT2D eigenvalue weighted by Crippen LogP contribution is -2.18. The van der Waals surface area contributed by atoms with E-state index in [4.69, 9.17) is 14.2 Å². The molecule has 0 aliphatic carbocycles. The van der Waals surface area contributed by atoms with Crippen LogP contribution in [-0.2, 0) is 14.8 Å². The molecule has 2 N–H and O–H groups in total. The molecule has 2 aromatic rings. The minimum atomic E-state index is -3.76. The number of fused-ring (bicyclic) bond motifs is 1. The number of hydrogen-bond donors (Lipinski definition) is 2. The number of rotatable bonds is 6. The molecule has 9 heteroatoms. The van der Waals surface area contributed by atoms with Crippen LogP contribution in [0.3, 0.4) is 0 Å².